The molecule has 20 heavy (non-hydrogen) atoms. The third-order valence-electron chi connectivity index (χ3n) is 3.27. The second-order valence-electron chi connectivity index (χ2n) is 4.72. The molecule has 5 N–H and O–H groups in total. The molecule has 1 aromatic heterocycles. The quantitative estimate of drug-likeness (QED) is 0.811. The lowest BCUT2D eigenvalue weighted by atomic mass is 10.0. The van der Waals surface area contributed by atoms with Gasteiger partial charge in [-0.25, -0.2) is 0 Å². The number of halogens is 2. The fourth-order valence-electron chi connectivity index (χ4n) is 2.15. The van der Waals surface area contributed by atoms with Crippen LogP contribution >= 0.6 is 23.2 Å². The summed E-state index contributed by atoms with van der Waals surface area (Å²) in [4.78, 5) is 0. The summed E-state index contributed by atoms with van der Waals surface area (Å²) >= 11 is 12.0. The summed E-state index contributed by atoms with van der Waals surface area (Å²) in [5, 5.41) is 11.4. The Labute approximate surface area is 127 Å². The predicted molar refractivity (Wildman–Crippen MR) is 81.9 cm³/mol. The van der Waals surface area contributed by atoms with E-state index in [0.29, 0.717) is 22.2 Å². The molecule has 0 spiro atoms. The van der Waals surface area contributed by atoms with Gasteiger partial charge in [-0.3, -0.25) is 0 Å². The number of aliphatic hydroxyl groups excluding tert-OH is 1. The Balaban J connectivity index is 2.36. The normalized spacial score (nSPS) is 14.3. The van der Waals surface area contributed by atoms with Gasteiger partial charge in [-0.2, -0.15) is 0 Å². The maximum Gasteiger partial charge on any atom is 0.107 e. The highest BCUT2D eigenvalue weighted by Crippen LogP contribution is 2.31. The van der Waals surface area contributed by atoms with E-state index in [0.717, 1.165) is 11.3 Å². The monoisotopic (exact) mass is 313 g/mol. The zero-order valence-corrected chi connectivity index (χ0v) is 12.6. The molecule has 4 nitrogen and oxygen atoms in total. The Bertz CT molecular complexity index is 612. The second kappa shape index (κ2) is 6.16. The van der Waals surface area contributed by atoms with Gasteiger partial charge >= 0.3 is 0 Å². The topological polar surface area (TPSA) is 77.2 Å². The van der Waals surface area contributed by atoms with Crippen molar-refractivity contribution < 1.29 is 5.11 Å². The van der Waals surface area contributed by atoms with Crippen LogP contribution in [0.15, 0.2) is 30.5 Å². The largest absolute Gasteiger partial charge is 0.384 e. The number of rotatable bonds is 4. The van der Waals surface area contributed by atoms with Crippen LogP contribution in [0.4, 0.5) is 0 Å². The van der Waals surface area contributed by atoms with E-state index < -0.39 is 6.10 Å². The van der Waals surface area contributed by atoms with Crippen LogP contribution in [-0.4, -0.2) is 16.2 Å². The molecule has 2 atom stereocenters. The van der Waals surface area contributed by atoms with E-state index in [1.54, 1.807) is 18.2 Å². The molecule has 2 unspecified atom stereocenters. The number of nitrogens with zero attached hydrogens (tertiary/aromatic N) is 1. The van der Waals surface area contributed by atoms with Gasteiger partial charge in [0.15, 0.2) is 0 Å². The molecule has 2 rings (SSSR count). The summed E-state index contributed by atoms with van der Waals surface area (Å²) in [7, 11) is 1.87. The average Bonchev–Trinajstić information content (AvgIpc) is 2.79. The number of hydrogen-bond acceptors (Lipinski definition) is 3. The Kier molecular flexibility index (Phi) is 4.73. The third-order valence-corrected chi connectivity index (χ3v) is 3.83. The minimum atomic E-state index is -0.829. The van der Waals surface area contributed by atoms with Crippen LogP contribution in [0.3, 0.4) is 0 Å². The van der Waals surface area contributed by atoms with Crippen LogP contribution in [0.25, 0.3) is 0 Å². The van der Waals surface area contributed by atoms with E-state index in [2.05, 4.69) is 0 Å². The predicted octanol–water partition coefficient (Wildman–Crippen LogP) is 2.37. The zero-order chi connectivity index (χ0) is 14.9. The first-order chi connectivity index (χ1) is 9.43. The van der Waals surface area contributed by atoms with Gasteiger partial charge < -0.3 is 21.1 Å². The van der Waals surface area contributed by atoms with Crippen molar-refractivity contribution in [1.82, 2.24) is 4.57 Å². The van der Waals surface area contributed by atoms with Crippen LogP contribution in [-0.2, 0) is 7.05 Å². The molecule has 2 aromatic rings. The van der Waals surface area contributed by atoms with Crippen molar-refractivity contribution in [3.05, 3.63) is 57.3 Å². The van der Waals surface area contributed by atoms with Crippen LogP contribution in [0.5, 0.6) is 0 Å². The van der Waals surface area contributed by atoms with Gasteiger partial charge in [0, 0.05) is 46.7 Å². The van der Waals surface area contributed by atoms with Crippen molar-refractivity contribution in [3.63, 3.8) is 0 Å². The fraction of sp³-hybridized carbons (Fsp3) is 0.286. The van der Waals surface area contributed by atoms with E-state index >= 15 is 0 Å². The summed E-state index contributed by atoms with van der Waals surface area (Å²) in [6.07, 6.45) is 0.991. The lowest BCUT2D eigenvalue weighted by Gasteiger charge is -2.11. The van der Waals surface area contributed by atoms with E-state index in [9.17, 15) is 5.11 Å². The summed E-state index contributed by atoms with van der Waals surface area (Å²) in [5.41, 5.74) is 13.7. The molecule has 1 aromatic carbocycles. The Hall–Kier alpha value is -1.04. The Morgan fingerprint density at radius 2 is 2.00 bits per heavy atom. The maximum atomic E-state index is 10.4. The smallest absolute Gasteiger partial charge is 0.107 e. The van der Waals surface area contributed by atoms with Crippen molar-refractivity contribution in [3.8, 4) is 0 Å². The van der Waals surface area contributed by atoms with E-state index in [1.165, 1.54) is 0 Å². The van der Waals surface area contributed by atoms with Crippen LogP contribution in [0.2, 0.25) is 10.0 Å². The Morgan fingerprint density at radius 3 is 2.60 bits per heavy atom. The molecule has 0 amide bonds. The third kappa shape index (κ3) is 3.00. The highest BCUT2D eigenvalue weighted by atomic mass is 35.5. The first-order valence-corrected chi connectivity index (χ1v) is 6.94. The first-order valence-electron chi connectivity index (χ1n) is 6.19. The molecule has 6 heteroatoms. The minimum absolute atomic E-state index is 0.262. The molecule has 0 saturated carbocycles. The van der Waals surface area contributed by atoms with Crippen molar-refractivity contribution in [2.24, 2.45) is 18.5 Å². The zero-order valence-electron chi connectivity index (χ0n) is 11.1. The van der Waals surface area contributed by atoms with E-state index in [4.69, 9.17) is 34.7 Å². The van der Waals surface area contributed by atoms with Crippen molar-refractivity contribution in [1.29, 1.82) is 0 Å². The molecule has 0 radical (unpaired) electrons. The molecule has 108 valence electrons. The number of hydrogen-bond donors (Lipinski definition) is 3. The molecule has 0 saturated heterocycles. The van der Waals surface area contributed by atoms with E-state index in [-0.39, 0.29) is 6.04 Å². The van der Waals surface area contributed by atoms with Gasteiger partial charge in [-0.15, -0.1) is 0 Å². The van der Waals surface area contributed by atoms with E-state index in [1.807, 2.05) is 23.9 Å². The lowest BCUT2D eigenvalue weighted by molar-refractivity contribution is 0.220. The van der Waals surface area contributed by atoms with Gasteiger partial charge in [0.25, 0.3) is 0 Å². The van der Waals surface area contributed by atoms with Crippen LogP contribution in [0.1, 0.15) is 29.0 Å². The highest BCUT2D eigenvalue weighted by Gasteiger charge is 2.18. The molecular formula is C14H17Cl2N3O. The van der Waals surface area contributed by atoms with Gasteiger partial charge in [0.05, 0.1) is 6.04 Å². The number of aryl methyl sites for hydroxylation is 1. The highest BCUT2D eigenvalue weighted by molar-refractivity contribution is 6.35. The molecule has 1 heterocycles. The number of aliphatic hydroxyl groups is 1. The van der Waals surface area contributed by atoms with Gasteiger partial charge in [-0.1, -0.05) is 29.3 Å². The molecule has 0 aliphatic rings. The first kappa shape index (κ1) is 15.4. The average molecular weight is 314 g/mol. The molecule has 0 bridgehead atoms. The van der Waals surface area contributed by atoms with Crippen LogP contribution in [0, 0.1) is 0 Å². The summed E-state index contributed by atoms with van der Waals surface area (Å²) in [6.45, 7) is 0.342. The van der Waals surface area contributed by atoms with Crippen LogP contribution < -0.4 is 11.5 Å². The molecule has 0 aliphatic carbocycles. The van der Waals surface area contributed by atoms with Gasteiger partial charge in [-0.05, 0) is 18.2 Å². The van der Waals surface area contributed by atoms with Crippen molar-refractivity contribution in [2.75, 3.05) is 6.54 Å². The lowest BCUT2D eigenvalue weighted by Crippen LogP contribution is -2.22. The van der Waals surface area contributed by atoms with Crippen molar-refractivity contribution in [2.45, 2.75) is 12.1 Å². The number of nitrogens with two attached hydrogens (primary N) is 2. The summed E-state index contributed by atoms with van der Waals surface area (Å²) in [6, 6.07) is 6.60. The fourth-order valence-corrected chi connectivity index (χ4v) is 2.66. The molecular weight excluding hydrogens is 297 g/mol. The summed E-state index contributed by atoms with van der Waals surface area (Å²) < 4.78 is 1.86. The Morgan fingerprint density at radius 1 is 1.30 bits per heavy atom. The standard InChI is InChI=1S/C14H17Cl2N3O/c1-19-7-8(4-13(19)12(18)6-17)14(20)10-3-2-9(15)5-11(10)16/h2-5,7,12,14,20H,6,17-18H2,1H3. The number of benzene rings is 1. The second-order valence-corrected chi connectivity index (χ2v) is 5.56. The minimum Gasteiger partial charge on any atom is -0.384 e. The SMILES string of the molecule is Cn1cc(C(O)c2ccc(Cl)cc2Cl)cc1C(N)CN. The van der Waals surface area contributed by atoms with Gasteiger partial charge in [0.2, 0.25) is 0 Å². The molecule has 0 aliphatic heterocycles. The molecule has 0 fully saturated rings. The summed E-state index contributed by atoms with van der Waals surface area (Å²) in [5.74, 6) is 0. The van der Waals surface area contributed by atoms with Gasteiger partial charge in [0.1, 0.15) is 6.10 Å². The van der Waals surface area contributed by atoms with Crippen molar-refractivity contribution >= 4 is 23.2 Å². The maximum absolute atomic E-state index is 10.4. The number of aromatic nitrogens is 1.